The zero-order valence-corrected chi connectivity index (χ0v) is 22.7. The Morgan fingerprint density at radius 2 is 1.93 bits per heavy atom. The highest BCUT2D eigenvalue weighted by molar-refractivity contribution is 6.05. The Morgan fingerprint density at radius 3 is 2.62 bits per heavy atom. The van der Waals surface area contributed by atoms with E-state index in [1.54, 1.807) is 13.0 Å². The minimum absolute atomic E-state index is 0.163. The molecule has 1 aliphatic rings. The van der Waals surface area contributed by atoms with Gasteiger partial charge in [0, 0.05) is 44.5 Å². The molecule has 0 spiro atoms. The highest BCUT2D eigenvalue weighted by Gasteiger charge is 2.22. The molecule has 0 atom stereocenters. The summed E-state index contributed by atoms with van der Waals surface area (Å²) in [6, 6.07) is 5.74. The second-order valence-electron chi connectivity index (χ2n) is 10.2. The Hall–Kier alpha value is -4.65. The summed E-state index contributed by atoms with van der Waals surface area (Å²) < 4.78 is 14.7. The van der Waals surface area contributed by atoms with E-state index in [1.165, 1.54) is 24.5 Å². The first-order valence-corrected chi connectivity index (χ1v) is 13.0. The van der Waals surface area contributed by atoms with Crippen LogP contribution in [0.1, 0.15) is 36.8 Å². The van der Waals surface area contributed by atoms with E-state index in [0.29, 0.717) is 45.9 Å². The number of hydrogen-bond donors (Lipinski definition) is 4. The summed E-state index contributed by atoms with van der Waals surface area (Å²) in [5.41, 5.74) is 8.69. The van der Waals surface area contributed by atoms with Crippen LogP contribution in [-0.4, -0.2) is 73.7 Å². The van der Waals surface area contributed by atoms with E-state index in [-0.39, 0.29) is 11.4 Å². The molecule has 1 aliphatic heterocycles. The second-order valence-corrected chi connectivity index (χ2v) is 10.2. The van der Waals surface area contributed by atoms with Crippen molar-refractivity contribution in [2.75, 3.05) is 54.0 Å². The molecule has 0 aliphatic carbocycles. The molecule has 0 bridgehead atoms. The average molecular weight is 546 g/mol. The zero-order chi connectivity index (χ0) is 28.4. The van der Waals surface area contributed by atoms with Gasteiger partial charge in [0.15, 0.2) is 11.6 Å². The van der Waals surface area contributed by atoms with Crippen LogP contribution in [0.2, 0.25) is 0 Å². The lowest BCUT2D eigenvalue weighted by Crippen LogP contribution is -2.48. The summed E-state index contributed by atoms with van der Waals surface area (Å²) in [7, 11) is 0. The summed E-state index contributed by atoms with van der Waals surface area (Å²) in [5, 5.41) is 12.5. The van der Waals surface area contributed by atoms with Gasteiger partial charge in [-0.3, -0.25) is 14.8 Å². The van der Waals surface area contributed by atoms with Crippen LogP contribution in [0.5, 0.6) is 0 Å². The number of nitrogens with zero attached hydrogens (tertiary/aromatic N) is 7. The number of fused-ring (bicyclic) bond motifs is 1. The van der Waals surface area contributed by atoms with Crippen molar-refractivity contribution in [3.63, 3.8) is 0 Å². The second kappa shape index (κ2) is 11.2. The lowest BCUT2D eigenvalue weighted by molar-refractivity contribution is 0.102. The number of anilines is 5. The smallest absolute Gasteiger partial charge is 0.259 e. The minimum atomic E-state index is -0.680. The summed E-state index contributed by atoms with van der Waals surface area (Å²) >= 11 is 0. The van der Waals surface area contributed by atoms with Crippen LogP contribution >= 0.6 is 0 Å². The number of aromatic amines is 1. The van der Waals surface area contributed by atoms with Gasteiger partial charge in [0.2, 0.25) is 5.95 Å². The highest BCUT2D eigenvalue weighted by atomic mass is 19.1. The Morgan fingerprint density at radius 1 is 1.15 bits per heavy atom. The maximum atomic E-state index is 14.7. The van der Waals surface area contributed by atoms with Gasteiger partial charge < -0.3 is 21.3 Å². The van der Waals surface area contributed by atoms with Gasteiger partial charge >= 0.3 is 0 Å². The number of hydrogen-bond acceptors (Lipinski definition) is 10. The Bertz CT molecular complexity index is 1560. The molecule has 12 nitrogen and oxygen atoms in total. The predicted molar refractivity (Wildman–Crippen MR) is 154 cm³/mol. The normalized spacial score (nSPS) is 14.1. The first-order valence-electron chi connectivity index (χ1n) is 13.0. The topological polar surface area (TPSA) is 154 Å². The molecule has 208 valence electrons. The zero-order valence-electron chi connectivity index (χ0n) is 22.7. The molecule has 3 aromatic heterocycles. The number of amides is 1. The van der Waals surface area contributed by atoms with Crippen LogP contribution in [0, 0.1) is 11.7 Å². The van der Waals surface area contributed by atoms with Crippen LogP contribution in [0.4, 0.5) is 33.5 Å². The predicted octanol–water partition coefficient (Wildman–Crippen LogP) is 3.67. The van der Waals surface area contributed by atoms with Crippen LogP contribution in [0.3, 0.4) is 0 Å². The van der Waals surface area contributed by atoms with Gasteiger partial charge in [-0.1, -0.05) is 20.4 Å². The number of H-pyrrole nitrogens is 1. The van der Waals surface area contributed by atoms with Gasteiger partial charge in [0.05, 0.1) is 11.3 Å². The molecular weight excluding hydrogens is 513 g/mol. The third kappa shape index (κ3) is 5.83. The molecule has 5 N–H and O–H groups in total. The number of nitrogen functional groups attached to an aromatic ring is 1. The highest BCUT2D eigenvalue weighted by Crippen LogP contribution is 2.28. The van der Waals surface area contributed by atoms with Crippen molar-refractivity contribution in [3.05, 3.63) is 54.2 Å². The van der Waals surface area contributed by atoms with E-state index in [1.807, 2.05) is 0 Å². The van der Waals surface area contributed by atoms with Crippen molar-refractivity contribution in [2.24, 2.45) is 5.92 Å². The molecule has 0 radical (unpaired) electrons. The van der Waals surface area contributed by atoms with E-state index >= 15 is 0 Å². The number of aromatic nitrogens is 6. The fourth-order valence-electron chi connectivity index (χ4n) is 4.55. The molecule has 1 aromatic carbocycles. The van der Waals surface area contributed by atoms with E-state index in [4.69, 9.17) is 10.7 Å². The fourth-order valence-corrected chi connectivity index (χ4v) is 4.55. The lowest BCUT2D eigenvalue weighted by atomic mass is 10.1. The first-order chi connectivity index (χ1) is 19.2. The van der Waals surface area contributed by atoms with Crippen molar-refractivity contribution in [2.45, 2.75) is 20.8 Å². The first kappa shape index (κ1) is 26.9. The van der Waals surface area contributed by atoms with Crippen molar-refractivity contribution in [1.29, 1.82) is 0 Å². The number of nitrogens with two attached hydrogens (primary N) is 1. The van der Waals surface area contributed by atoms with Crippen LogP contribution in [0.25, 0.3) is 16.6 Å². The summed E-state index contributed by atoms with van der Waals surface area (Å²) in [4.78, 5) is 35.2. The minimum Gasteiger partial charge on any atom is -0.382 e. The summed E-state index contributed by atoms with van der Waals surface area (Å²) in [6.07, 6.45) is 1.35. The van der Waals surface area contributed by atoms with Gasteiger partial charge in [-0.15, -0.1) is 0 Å². The number of carbonyl (C=O) groups is 1. The van der Waals surface area contributed by atoms with E-state index in [9.17, 15) is 9.18 Å². The number of allylic oxidation sites excluding steroid dienone is 1. The maximum Gasteiger partial charge on any atom is 0.259 e. The van der Waals surface area contributed by atoms with Crippen molar-refractivity contribution in [1.82, 2.24) is 35.0 Å². The Balaban J connectivity index is 1.38. The largest absolute Gasteiger partial charge is 0.382 e. The van der Waals surface area contributed by atoms with E-state index < -0.39 is 11.7 Å². The molecule has 4 heterocycles. The van der Waals surface area contributed by atoms with Gasteiger partial charge in [0.25, 0.3) is 5.91 Å². The van der Waals surface area contributed by atoms with Crippen LogP contribution in [0.15, 0.2) is 37.2 Å². The molecular formula is C27H32FN11O. The quantitative estimate of drug-likeness (QED) is 0.258. The van der Waals surface area contributed by atoms with Crippen LogP contribution < -0.4 is 21.3 Å². The van der Waals surface area contributed by atoms with E-state index in [2.05, 4.69) is 66.0 Å². The SMILES string of the molecule is C=C(C)c1cc(NC(=O)c2cc(Nc3ncnc4c(N)nc(N5CCN(CC(C)C)CC5)nc34)ccc2F)[nH]n1. The maximum absolute atomic E-state index is 14.7. The number of benzene rings is 1. The van der Waals surface area contributed by atoms with Gasteiger partial charge in [-0.25, -0.2) is 19.3 Å². The lowest BCUT2D eigenvalue weighted by Gasteiger charge is -2.35. The summed E-state index contributed by atoms with van der Waals surface area (Å²) in [6.45, 7) is 14.4. The van der Waals surface area contributed by atoms with E-state index in [0.717, 1.165) is 38.3 Å². The fraction of sp³-hybridized carbons (Fsp3) is 0.333. The molecule has 0 unspecified atom stereocenters. The molecule has 1 saturated heterocycles. The van der Waals surface area contributed by atoms with Gasteiger partial charge in [-0.2, -0.15) is 10.1 Å². The number of nitrogens with one attached hydrogen (secondary N) is 3. The Kier molecular flexibility index (Phi) is 7.56. The van der Waals surface area contributed by atoms with Crippen LogP contribution in [-0.2, 0) is 0 Å². The summed E-state index contributed by atoms with van der Waals surface area (Å²) in [5.74, 6) is 0.700. The molecule has 1 amide bonds. The van der Waals surface area contributed by atoms with Gasteiger partial charge in [-0.05, 0) is 36.6 Å². The third-order valence-corrected chi connectivity index (χ3v) is 6.51. The molecule has 4 aromatic rings. The number of carbonyl (C=O) groups excluding carboxylic acids is 1. The molecule has 5 rings (SSSR count). The van der Waals surface area contributed by atoms with Crippen molar-refractivity contribution < 1.29 is 9.18 Å². The average Bonchev–Trinajstić information content (AvgIpc) is 3.39. The number of halogens is 1. The standard InChI is InChI=1S/C27H32FN11O/c1-15(2)13-38-7-9-39(10-8-38)27-34-23-22(24(29)35-27)30-14-31-25(23)32-17-5-6-19(28)18(11-17)26(40)33-21-12-20(16(3)4)36-37-21/h5-6,11-12,14-15H,3,7-10,13H2,1-2,4H3,(H2,29,34,35)(H,30,31,32)(H2,33,36,37,40). The molecule has 40 heavy (non-hydrogen) atoms. The van der Waals surface area contributed by atoms with Crippen molar-refractivity contribution >= 4 is 51.6 Å². The third-order valence-electron chi connectivity index (χ3n) is 6.51. The molecule has 1 fully saturated rings. The van der Waals surface area contributed by atoms with Crippen molar-refractivity contribution in [3.8, 4) is 0 Å². The van der Waals surface area contributed by atoms with Gasteiger partial charge in [0.1, 0.15) is 29.0 Å². The number of rotatable bonds is 8. The Labute approximate surface area is 230 Å². The molecule has 0 saturated carbocycles. The molecule has 13 heteroatoms. The number of piperazine rings is 1. The monoisotopic (exact) mass is 545 g/mol.